The molecule has 0 aromatic carbocycles. The summed E-state index contributed by atoms with van der Waals surface area (Å²) in [4.78, 5) is 3.81. The Morgan fingerprint density at radius 1 is 1.35 bits per heavy atom. The van der Waals surface area contributed by atoms with Gasteiger partial charge in [-0.15, -0.1) is 15.2 Å². The van der Waals surface area contributed by atoms with Gasteiger partial charge in [-0.3, -0.25) is 0 Å². The summed E-state index contributed by atoms with van der Waals surface area (Å²) >= 11 is 1.14. The first kappa shape index (κ1) is 14.3. The van der Waals surface area contributed by atoms with Gasteiger partial charge in [0.25, 0.3) is 0 Å². The van der Waals surface area contributed by atoms with Crippen molar-refractivity contribution in [1.82, 2.24) is 4.98 Å². The van der Waals surface area contributed by atoms with E-state index in [1.807, 2.05) is 0 Å². The molecular weight excluding hydrogens is 291 g/mol. The zero-order valence-electron chi connectivity index (χ0n) is 8.91. The summed E-state index contributed by atoms with van der Waals surface area (Å²) in [5.74, 6) is -1.23. The summed E-state index contributed by atoms with van der Waals surface area (Å²) < 4.78 is 57.0. The predicted octanol–water partition coefficient (Wildman–Crippen LogP) is 0.599. The Hall–Kier alpha value is -0.740. The Balaban J connectivity index is 2.64. The zero-order valence-corrected chi connectivity index (χ0v) is 11.4. The summed E-state index contributed by atoms with van der Waals surface area (Å²) in [6.07, 6.45) is 1.18. The number of aromatic nitrogens is 1. The second-order valence-corrected chi connectivity index (χ2v) is 7.67. The normalized spacial score (nSPS) is 12.6. The van der Waals surface area contributed by atoms with Crippen LogP contribution in [0.4, 0.5) is 9.02 Å². The second-order valence-electron chi connectivity index (χ2n) is 3.19. The van der Waals surface area contributed by atoms with Crippen LogP contribution in [0.2, 0.25) is 0 Å². The van der Waals surface area contributed by atoms with Crippen molar-refractivity contribution >= 4 is 36.7 Å². The lowest BCUT2D eigenvalue weighted by Crippen LogP contribution is -2.29. The van der Waals surface area contributed by atoms with E-state index in [-0.39, 0.29) is 11.6 Å². The molecule has 1 heterocycles. The number of hydrogen-bond donors (Lipinski definition) is 0. The third kappa shape index (κ3) is 4.56. The summed E-state index contributed by atoms with van der Waals surface area (Å²) in [5, 5.41) is 1.90. The molecule has 0 radical (unpaired) electrons. The largest absolute Gasteiger partial charge is 0.302 e. The molecule has 0 atom stereocenters. The Morgan fingerprint density at radius 2 is 2.00 bits per heavy atom. The van der Waals surface area contributed by atoms with E-state index >= 15 is 0 Å². The Kier molecular flexibility index (Phi) is 4.44. The molecule has 17 heavy (non-hydrogen) atoms. The van der Waals surface area contributed by atoms with Crippen molar-refractivity contribution in [3.8, 4) is 0 Å². The van der Waals surface area contributed by atoms with Crippen LogP contribution in [-0.4, -0.2) is 40.4 Å². The molecule has 10 heteroatoms. The van der Waals surface area contributed by atoms with Crippen LogP contribution >= 0.6 is 11.3 Å². The zero-order chi connectivity index (χ0) is 13.1. The maximum atomic E-state index is 12.2. The summed E-state index contributed by atoms with van der Waals surface area (Å²) in [5.41, 5.74) is 0. The van der Waals surface area contributed by atoms with Crippen LogP contribution in [0.1, 0.15) is 6.42 Å². The molecule has 98 valence electrons. The molecule has 0 aliphatic heterocycles. The molecule has 1 aromatic heterocycles. The van der Waals surface area contributed by atoms with Gasteiger partial charge >= 0.3 is 10.2 Å². The van der Waals surface area contributed by atoms with Crippen molar-refractivity contribution in [3.05, 3.63) is 11.6 Å². The Morgan fingerprint density at radius 3 is 2.47 bits per heavy atom. The van der Waals surface area contributed by atoms with Gasteiger partial charge < -0.3 is 0 Å². The summed E-state index contributed by atoms with van der Waals surface area (Å²) in [7, 11) is -6.96. The van der Waals surface area contributed by atoms with E-state index in [0.717, 1.165) is 15.6 Å². The third-order valence-corrected chi connectivity index (χ3v) is 5.45. The maximum Gasteiger partial charge on any atom is 0.302 e. The average molecular weight is 302 g/mol. The summed E-state index contributed by atoms with van der Waals surface area (Å²) in [6, 6.07) is 0. The molecule has 1 rings (SSSR count). The van der Waals surface area contributed by atoms with Crippen LogP contribution < -0.4 is 4.31 Å². The monoisotopic (exact) mass is 302 g/mol. The number of rotatable bonds is 6. The molecule has 0 saturated carbocycles. The van der Waals surface area contributed by atoms with E-state index in [0.29, 0.717) is 0 Å². The van der Waals surface area contributed by atoms with Gasteiger partial charge in [-0.2, -0.15) is 8.42 Å². The van der Waals surface area contributed by atoms with Crippen molar-refractivity contribution in [2.24, 2.45) is 0 Å². The lowest BCUT2D eigenvalue weighted by Gasteiger charge is -2.15. The van der Waals surface area contributed by atoms with Crippen LogP contribution in [0.5, 0.6) is 0 Å². The van der Waals surface area contributed by atoms with Gasteiger partial charge in [0.1, 0.15) is 0 Å². The average Bonchev–Trinajstić information content (AvgIpc) is 2.66. The molecule has 0 amide bonds. The molecule has 0 N–H and O–H groups in total. The maximum absolute atomic E-state index is 12.2. The van der Waals surface area contributed by atoms with Crippen LogP contribution in [0.3, 0.4) is 0 Å². The highest BCUT2D eigenvalue weighted by Gasteiger charge is 2.21. The molecule has 0 spiro atoms. The number of thiazole rings is 1. The van der Waals surface area contributed by atoms with E-state index in [1.165, 1.54) is 13.2 Å². The number of sulfonamides is 1. The fourth-order valence-electron chi connectivity index (χ4n) is 1.04. The van der Waals surface area contributed by atoms with Gasteiger partial charge in [-0.1, -0.05) is 0 Å². The van der Waals surface area contributed by atoms with Gasteiger partial charge in [0.15, 0.2) is 5.13 Å². The van der Waals surface area contributed by atoms with Crippen molar-refractivity contribution < 1.29 is 20.7 Å². The molecule has 0 unspecified atom stereocenters. The van der Waals surface area contributed by atoms with E-state index in [1.54, 1.807) is 5.38 Å². The molecule has 1 aromatic rings. The number of nitrogens with zero attached hydrogens (tertiary/aromatic N) is 2. The van der Waals surface area contributed by atoms with Crippen molar-refractivity contribution in [2.75, 3.05) is 22.9 Å². The molecular formula is C7H11FN2O4S3. The minimum Gasteiger partial charge on any atom is -0.248 e. The first-order valence-corrected chi connectivity index (χ1v) is 8.55. The third-order valence-electron chi connectivity index (χ3n) is 1.90. The van der Waals surface area contributed by atoms with Gasteiger partial charge in [-0.05, 0) is 6.42 Å². The van der Waals surface area contributed by atoms with Gasteiger partial charge in [0.05, 0.1) is 11.5 Å². The second kappa shape index (κ2) is 5.27. The van der Waals surface area contributed by atoms with Crippen molar-refractivity contribution in [1.29, 1.82) is 0 Å². The molecule has 0 bridgehead atoms. The first-order chi connectivity index (χ1) is 7.72. The van der Waals surface area contributed by atoms with Gasteiger partial charge in [0, 0.05) is 18.6 Å². The van der Waals surface area contributed by atoms with E-state index in [4.69, 9.17) is 0 Å². The van der Waals surface area contributed by atoms with Gasteiger partial charge in [-0.25, -0.2) is 17.7 Å². The number of halogens is 1. The Labute approximate surface area is 103 Å². The van der Waals surface area contributed by atoms with E-state index in [9.17, 15) is 20.7 Å². The van der Waals surface area contributed by atoms with Crippen LogP contribution in [0.15, 0.2) is 11.6 Å². The fourth-order valence-corrected chi connectivity index (χ4v) is 3.76. The lowest BCUT2D eigenvalue weighted by atomic mass is 10.6. The Bertz CT molecular complexity index is 552. The number of anilines is 1. The minimum atomic E-state index is -4.62. The standard InChI is InChI=1S/C7H11FN2O4S3/c1-10(7-9-3-4-15-7)17(13,14)6-2-5-16(8,11)12/h3-4H,2,5-6H2,1H3. The van der Waals surface area contributed by atoms with Crippen molar-refractivity contribution in [3.63, 3.8) is 0 Å². The smallest absolute Gasteiger partial charge is 0.248 e. The molecule has 6 nitrogen and oxygen atoms in total. The molecule has 0 fully saturated rings. The highest BCUT2D eigenvalue weighted by molar-refractivity contribution is 7.93. The van der Waals surface area contributed by atoms with Gasteiger partial charge in [0.2, 0.25) is 10.0 Å². The quantitative estimate of drug-likeness (QED) is 0.718. The first-order valence-electron chi connectivity index (χ1n) is 4.51. The van der Waals surface area contributed by atoms with Crippen LogP contribution in [0, 0.1) is 0 Å². The number of hydrogen-bond acceptors (Lipinski definition) is 6. The highest BCUT2D eigenvalue weighted by atomic mass is 32.3. The minimum absolute atomic E-state index is 0.281. The highest BCUT2D eigenvalue weighted by Crippen LogP contribution is 2.19. The SMILES string of the molecule is CN(c1nccs1)S(=O)(=O)CCCS(=O)(=O)F. The lowest BCUT2D eigenvalue weighted by molar-refractivity contribution is 0.550. The summed E-state index contributed by atoms with van der Waals surface area (Å²) in [6.45, 7) is 0. The predicted molar refractivity (Wildman–Crippen MR) is 63.8 cm³/mol. The molecule has 0 saturated heterocycles. The van der Waals surface area contributed by atoms with E-state index in [2.05, 4.69) is 4.98 Å². The van der Waals surface area contributed by atoms with Crippen molar-refractivity contribution in [2.45, 2.75) is 6.42 Å². The van der Waals surface area contributed by atoms with E-state index < -0.39 is 31.8 Å². The topological polar surface area (TPSA) is 84.4 Å². The molecule has 0 aliphatic carbocycles. The van der Waals surface area contributed by atoms with Crippen LogP contribution in [0.25, 0.3) is 0 Å². The molecule has 0 aliphatic rings. The van der Waals surface area contributed by atoms with Crippen LogP contribution in [-0.2, 0) is 20.2 Å². The fraction of sp³-hybridized carbons (Fsp3) is 0.571.